The van der Waals surface area contributed by atoms with Gasteiger partial charge in [-0.3, -0.25) is 0 Å². The maximum absolute atomic E-state index is 10.5. The zero-order valence-corrected chi connectivity index (χ0v) is 11.2. The number of hydrogen-bond donors (Lipinski definition) is 3. The highest BCUT2D eigenvalue weighted by Gasteiger charge is 2.32. The molecule has 0 radical (unpaired) electrons. The van der Waals surface area contributed by atoms with E-state index in [0.29, 0.717) is 24.0 Å². The lowest BCUT2D eigenvalue weighted by Crippen LogP contribution is -2.41. The topological polar surface area (TPSA) is 95.0 Å². The smallest absolute Gasteiger partial charge is 0.165 e. The van der Waals surface area contributed by atoms with Gasteiger partial charge in [-0.05, 0) is 30.9 Å². The molecule has 1 fully saturated rings. The van der Waals surface area contributed by atoms with Crippen molar-refractivity contribution in [3.05, 3.63) is 17.8 Å². The first kappa shape index (κ1) is 13.6. The van der Waals surface area contributed by atoms with E-state index in [1.807, 2.05) is 6.07 Å². The van der Waals surface area contributed by atoms with Crippen LogP contribution in [0, 0.1) is 17.2 Å². The molecular formula is C14H20N4O. The number of aliphatic hydroxyl groups is 1. The normalized spacial score (nSPS) is 26.7. The molecule has 4 N–H and O–H groups in total. The summed E-state index contributed by atoms with van der Waals surface area (Å²) >= 11 is 0. The highest BCUT2D eigenvalue weighted by atomic mass is 16.3. The number of aromatic nitrogens is 1. The van der Waals surface area contributed by atoms with E-state index < -0.39 is 5.60 Å². The molecule has 2 unspecified atom stereocenters. The van der Waals surface area contributed by atoms with Crippen molar-refractivity contribution in [3.63, 3.8) is 0 Å². The number of nitrogen functional groups attached to an aromatic ring is 1. The molecule has 1 aromatic rings. The van der Waals surface area contributed by atoms with Gasteiger partial charge in [0.25, 0.3) is 0 Å². The standard InChI is InChI=1S/C14H20N4O/c1-10-3-2-6-14(19,7-10)9-17-13-5-4-11(16)12(8-15)18-13/h4-5,10,19H,2-3,6-7,9,16H2,1H3,(H,17,18). The average molecular weight is 260 g/mol. The van der Waals surface area contributed by atoms with Gasteiger partial charge in [-0.25, -0.2) is 4.98 Å². The molecule has 0 bridgehead atoms. The number of hydrogen-bond acceptors (Lipinski definition) is 5. The van der Waals surface area contributed by atoms with Crippen LogP contribution in [0.25, 0.3) is 0 Å². The van der Waals surface area contributed by atoms with E-state index in [1.54, 1.807) is 12.1 Å². The van der Waals surface area contributed by atoms with Crippen molar-refractivity contribution in [3.8, 4) is 6.07 Å². The molecule has 5 nitrogen and oxygen atoms in total. The van der Waals surface area contributed by atoms with Gasteiger partial charge < -0.3 is 16.2 Å². The Morgan fingerprint density at radius 2 is 2.42 bits per heavy atom. The molecule has 1 aromatic heterocycles. The van der Waals surface area contributed by atoms with Gasteiger partial charge in [-0.1, -0.05) is 19.8 Å². The van der Waals surface area contributed by atoms with Crippen LogP contribution in [0.15, 0.2) is 12.1 Å². The summed E-state index contributed by atoms with van der Waals surface area (Å²) in [5.74, 6) is 1.13. The van der Waals surface area contributed by atoms with Gasteiger partial charge in [0, 0.05) is 6.54 Å². The van der Waals surface area contributed by atoms with Crippen LogP contribution in [0.5, 0.6) is 0 Å². The lowest BCUT2D eigenvalue weighted by molar-refractivity contribution is -0.000826. The Morgan fingerprint density at radius 3 is 3.11 bits per heavy atom. The summed E-state index contributed by atoms with van der Waals surface area (Å²) in [5, 5.41) is 22.5. The number of nitriles is 1. The van der Waals surface area contributed by atoms with Crippen molar-refractivity contribution in [1.82, 2.24) is 4.98 Å². The van der Waals surface area contributed by atoms with E-state index in [1.165, 1.54) is 6.42 Å². The molecule has 1 saturated carbocycles. The third-order valence-electron chi connectivity index (χ3n) is 3.70. The van der Waals surface area contributed by atoms with Crippen molar-refractivity contribution in [2.45, 2.75) is 38.2 Å². The molecule has 0 aliphatic heterocycles. The summed E-state index contributed by atoms with van der Waals surface area (Å²) in [4.78, 5) is 4.12. The van der Waals surface area contributed by atoms with Crippen molar-refractivity contribution in [1.29, 1.82) is 5.26 Å². The van der Waals surface area contributed by atoms with Crippen LogP contribution in [0.3, 0.4) is 0 Å². The molecule has 1 aliphatic rings. The summed E-state index contributed by atoms with van der Waals surface area (Å²) in [7, 11) is 0. The van der Waals surface area contributed by atoms with Gasteiger partial charge in [0.2, 0.25) is 0 Å². The molecule has 0 spiro atoms. The zero-order chi connectivity index (χ0) is 13.9. The molecule has 5 heteroatoms. The summed E-state index contributed by atoms with van der Waals surface area (Å²) in [5.41, 5.74) is 5.54. The number of pyridine rings is 1. The van der Waals surface area contributed by atoms with Crippen LogP contribution in [0.2, 0.25) is 0 Å². The quantitative estimate of drug-likeness (QED) is 0.771. The van der Waals surface area contributed by atoms with Crippen molar-refractivity contribution >= 4 is 11.5 Å². The number of nitrogens with zero attached hydrogens (tertiary/aromatic N) is 2. The van der Waals surface area contributed by atoms with Gasteiger partial charge in [-0.2, -0.15) is 5.26 Å². The molecule has 0 amide bonds. The third-order valence-corrected chi connectivity index (χ3v) is 3.70. The van der Waals surface area contributed by atoms with Crippen LogP contribution in [-0.2, 0) is 0 Å². The molecule has 2 atom stereocenters. The van der Waals surface area contributed by atoms with E-state index in [4.69, 9.17) is 11.0 Å². The minimum Gasteiger partial charge on any atom is -0.396 e. The molecule has 2 rings (SSSR count). The maximum atomic E-state index is 10.5. The van der Waals surface area contributed by atoms with Crippen LogP contribution < -0.4 is 11.1 Å². The second-order valence-corrected chi connectivity index (χ2v) is 5.53. The molecule has 0 aromatic carbocycles. The molecule has 0 saturated heterocycles. The predicted molar refractivity (Wildman–Crippen MR) is 74.4 cm³/mol. The Balaban J connectivity index is 2.00. The average Bonchev–Trinajstić information content (AvgIpc) is 2.37. The summed E-state index contributed by atoms with van der Waals surface area (Å²) in [6.07, 6.45) is 3.85. The highest BCUT2D eigenvalue weighted by Crippen LogP contribution is 2.32. The fourth-order valence-corrected chi connectivity index (χ4v) is 2.71. The molecule has 1 heterocycles. The van der Waals surface area contributed by atoms with Gasteiger partial charge in [0.15, 0.2) is 5.69 Å². The fraction of sp³-hybridized carbons (Fsp3) is 0.571. The molecule has 19 heavy (non-hydrogen) atoms. The van der Waals surface area contributed by atoms with Crippen molar-refractivity contribution < 1.29 is 5.11 Å². The summed E-state index contributed by atoms with van der Waals surface area (Å²) in [6, 6.07) is 5.33. The van der Waals surface area contributed by atoms with Crippen LogP contribution in [0.4, 0.5) is 11.5 Å². The molecular weight excluding hydrogens is 240 g/mol. The van der Waals surface area contributed by atoms with Gasteiger partial charge in [-0.15, -0.1) is 0 Å². The highest BCUT2D eigenvalue weighted by molar-refractivity contribution is 5.54. The van der Waals surface area contributed by atoms with E-state index in [0.717, 1.165) is 19.3 Å². The zero-order valence-electron chi connectivity index (χ0n) is 11.2. The van der Waals surface area contributed by atoms with E-state index in [2.05, 4.69) is 17.2 Å². The number of rotatable bonds is 3. The second kappa shape index (κ2) is 5.45. The fourth-order valence-electron chi connectivity index (χ4n) is 2.71. The second-order valence-electron chi connectivity index (χ2n) is 5.53. The predicted octanol–water partition coefficient (Wildman–Crippen LogP) is 1.89. The lowest BCUT2D eigenvalue weighted by Gasteiger charge is -2.35. The number of anilines is 2. The van der Waals surface area contributed by atoms with Crippen molar-refractivity contribution in [2.75, 3.05) is 17.6 Å². The van der Waals surface area contributed by atoms with E-state index in [9.17, 15) is 5.11 Å². The van der Waals surface area contributed by atoms with E-state index in [-0.39, 0.29) is 5.69 Å². The lowest BCUT2D eigenvalue weighted by atomic mass is 9.79. The van der Waals surface area contributed by atoms with Crippen LogP contribution in [-0.4, -0.2) is 22.2 Å². The Labute approximate surface area is 113 Å². The minimum absolute atomic E-state index is 0.217. The van der Waals surface area contributed by atoms with Gasteiger partial charge in [0.1, 0.15) is 11.9 Å². The summed E-state index contributed by atoms with van der Waals surface area (Å²) in [6.45, 7) is 2.62. The van der Waals surface area contributed by atoms with Crippen molar-refractivity contribution in [2.24, 2.45) is 5.92 Å². The third kappa shape index (κ3) is 3.36. The Bertz CT molecular complexity index is 497. The largest absolute Gasteiger partial charge is 0.396 e. The van der Waals surface area contributed by atoms with E-state index >= 15 is 0 Å². The maximum Gasteiger partial charge on any atom is 0.165 e. The van der Waals surface area contributed by atoms with Gasteiger partial charge in [0.05, 0.1) is 11.3 Å². The summed E-state index contributed by atoms with van der Waals surface area (Å²) < 4.78 is 0. The van der Waals surface area contributed by atoms with Gasteiger partial charge >= 0.3 is 0 Å². The number of nitrogens with two attached hydrogens (primary N) is 1. The minimum atomic E-state index is -0.673. The first-order valence-corrected chi connectivity index (χ1v) is 6.65. The monoisotopic (exact) mass is 260 g/mol. The Kier molecular flexibility index (Phi) is 3.91. The van der Waals surface area contributed by atoms with Crippen LogP contribution in [0.1, 0.15) is 38.3 Å². The molecule has 1 aliphatic carbocycles. The Hall–Kier alpha value is -1.80. The Morgan fingerprint density at radius 1 is 1.63 bits per heavy atom. The number of nitrogens with one attached hydrogen (secondary N) is 1. The van der Waals surface area contributed by atoms with Crippen LogP contribution >= 0.6 is 0 Å². The SMILES string of the molecule is CC1CCCC(O)(CNc2ccc(N)c(C#N)n2)C1. The first-order chi connectivity index (χ1) is 9.02. The molecule has 102 valence electrons. The first-order valence-electron chi connectivity index (χ1n) is 6.65.